The maximum Gasteiger partial charge on any atom is 0.329 e. The first kappa shape index (κ1) is 23.6. The van der Waals surface area contributed by atoms with E-state index in [1.165, 1.54) is 25.8 Å². The van der Waals surface area contributed by atoms with Gasteiger partial charge in [-0.1, -0.05) is 24.3 Å². The van der Waals surface area contributed by atoms with E-state index in [-0.39, 0.29) is 5.56 Å². The van der Waals surface area contributed by atoms with Crippen molar-refractivity contribution in [1.82, 2.24) is 4.90 Å². The Labute approximate surface area is 189 Å². The third-order valence-corrected chi connectivity index (χ3v) is 5.40. The van der Waals surface area contributed by atoms with Crippen LogP contribution < -0.4 is 5.32 Å². The number of nitrogens with one attached hydrogen (secondary N) is 1. The van der Waals surface area contributed by atoms with Crippen molar-refractivity contribution in [2.45, 2.75) is 19.4 Å². The molecule has 0 saturated heterocycles. The van der Waals surface area contributed by atoms with Gasteiger partial charge in [-0.3, -0.25) is 9.59 Å². The summed E-state index contributed by atoms with van der Waals surface area (Å²) < 4.78 is 26.6. The molecule has 0 spiro atoms. The fourth-order valence-corrected chi connectivity index (χ4v) is 3.03. The molecule has 3 rings (SSSR count). The first-order chi connectivity index (χ1) is 15.5. The molecule has 3 aromatic carbocycles. The van der Waals surface area contributed by atoms with Gasteiger partial charge in [-0.05, 0) is 61.4 Å². The van der Waals surface area contributed by atoms with Gasteiger partial charge in [0, 0.05) is 29.9 Å². The van der Waals surface area contributed by atoms with Gasteiger partial charge in [0.25, 0.3) is 11.8 Å². The normalized spacial score (nSPS) is 11.1. The summed E-state index contributed by atoms with van der Waals surface area (Å²) >= 11 is 0. The number of hydrogen-bond acceptors (Lipinski definition) is 3. The summed E-state index contributed by atoms with van der Waals surface area (Å²) in [6, 6.07) is 16.1. The Balaban J connectivity index is 1.71. The van der Waals surface area contributed by atoms with E-state index in [0.29, 0.717) is 17.3 Å². The number of likely N-dealkylation sites (N-methyl/N-ethyl adjacent to an activating group) is 1. The Kier molecular flexibility index (Phi) is 6.57. The molecule has 0 bridgehead atoms. The van der Waals surface area contributed by atoms with Gasteiger partial charge in [-0.2, -0.15) is 0 Å². The largest absolute Gasteiger partial charge is 0.480 e. The molecule has 0 aliphatic heterocycles. The van der Waals surface area contributed by atoms with Crippen molar-refractivity contribution < 1.29 is 28.3 Å². The Morgan fingerprint density at radius 1 is 0.818 bits per heavy atom. The highest BCUT2D eigenvalue weighted by Gasteiger charge is 2.35. The van der Waals surface area contributed by atoms with Crippen LogP contribution in [0.3, 0.4) is 0 Å². The summed E-state index contributed by atoms with van der Waals surface area (Å²) in [7, 11) is 1.44. The molecule has 6 nitrogen and oxygen atoms in total. The summed E-state index contributed by atoms with van der Waals surface area (Å²) in [5, 5.41) is 11.9. The van der Waals surface area contributed by atoms with Crippen LogP contribution in [0.1, 0.15) is 34.6 Å². The summed E-state index contributed by atoms with van der Waals surface area (Å²) in [4.78, 5) is 37.4. The first-order valence-electron chi connectivity index (χ1n) is 9.98. The molecule has 0 heterocycles. The van der Waals surface area contributed by atoms with Crippen molar-refractivity contribution in [3.63, 3.8) is 0 Å². The van der Waals surface area contributed by atoms with Gasteiger partial charge >= 0.3 is 5.97 Å². The van der Waals surface area contributed by atoms with Crippen LogP contribution in [-0.2, 0) is 4.79 Å². The molecule has 33 heavy (non-hydrogen) atoms. The molecule has 0 aromatic heterocycles. The van der Waals surface area contributed by atoms with E-state index in [1.807, 2.05) is 0 Å². The SMILES string of the molecule is CN(C(=O)c1ccc(-c2ccc(NC(=O)c3cc(F)cc(F)c3)cc2)cc1)C(C)(C)C(=O)O. The predicted molar refractivity (Wildman–Crippen MR) is 120 cm³/mol. The van der Waals surface area contributed by atoms with Gasteiger partial charge in [0.1, 0.15) is 17.2 Å². The van der Waals surface area contributed by atoms with E-state index in [0.717, 1.165) is 23.3 Å². The summed E-state index contributed by atoms with van der Waals surface area (Å²) in [5.74, 6) is -3.84. The fourth-order valence-electron chi connectivity index (χ4n) is 3.03. The average molecular weight is 452 g/mol. The maximum atomic E-state index is 13.3. The summed E-state index contributed by atoms with van der Waals surface area (Å²) in [6.07, 6.45) is 0. The minimum atomic E-state index is -1.35. The highest BCUT2D eigenvalue weighted by molar-refractivity contribution is 6.04. The quantitative estimate of drug-likeness (QED) is 0.562. The van der Waals surface area contributed by atoms with Gasteiger partial charge in [0.05, 0.1) is 0 Å². The number of halogens is 2. The number of nitrogens with zero attached hydrogens (tertiary/aromatic N) is 1. The number of carboxylic acid groups (broad SMARTS) is 1. The number of amides is 2. The van der Waals surface area contributed by atoms with Gasteiger partial charge in [-0.25, -0.2) is 13.6 Å². The average Bonchev–Trinajstić information content (AvgIpc) is 2.78. The number of aliphatic carboxylic acids is 1. The molecule has 0 unspecified atom stereocenters. The van der Waals surface area contributed by atoms with Crippen LogP contribution in [0.2, 0.25) is 0 Å². The van der Waals surface area contributed by atoms with Crippen molar-refractivity contribution in [3.8, 4) is 11.1 Å². The van der Waals surface area contributed by atoms with E-state index < -0.39 is 35.0 Å². The number of carboxylic acids is 1. The van der Waals surface area contributed by atoms with E-state index in [4.69, 9.17) is 0 Å². The Bertz CT molecular complexity index is 1190. The molecule has 2 N–H and O–H groups in total. The monoisotopic (exact) mass is 452 g/mol. The molecular weight excluding hydrogens is 430 g/mol. The lowest BCUT2D eigenvalue weighted by atomic mass is 10.0. The third kappa shape index (κ3) is 5.23. The third-order valence-electron chi connectivity index (χ3n) is 5.40. The van der Waals surface area contributed by atoms with E-state index in [1.54, 1.807) is 48.5 Å². The second-order valence-electron chi connectivity index (χ2n) is 8.00. The first-order valence-corrected chi connectivity index (χ1v) is 9.98. The minimum Gasteiger partial charge on any atom is -0.480 e. The number of carbonyl (C=O) groups is 3. The zero-order valence-electron chi connectivity index (χ0n) is 18.2. The Morgan fingerprint density at radius 3 is 1.79 bits per heavy atom. The van der Waals surface area contributed by atoms with Crippen LogP contribution in [0.4, 0.5) is 14.5 Å². The number of carbonyl (C=O) groups excluding carboxylic acids is 2. The lowest BCUT2D eigenvalue weighted by Crippen LogP contribution is -2.50. The number of anilines is 1. The second kappa shape index (κ2) is 9.20. The van der Waals surface area contributed by atoms with E-state index >= 15 is 0 Å². The standard InChI is InChI=1S/C25H22F2N2O4/c1-25(2,24(32)33)29(3)23(31)17-6-4-15(5-7-17)16-8-10-21(11-9-16)28-22(30)18-12-19(26)14-20(27)13-18/h4-14H,1-3H3,(H,28,30)(H,32,33). The Morgan fingerprint density at radius 2 is 1.30 bits per heavy atom. The highest BCUT2D eigenvalue weighted by atomic mass is 19.1. The van der Waals surface area contributed by atoms with Crippen molar-refractivity contribution in [2.24, 2.45) is 0 Å². The van der Waals surface area contributed by atoms with Gasteiger partial charge in [-0.15, -0.1) is 0 Å². The summed E-state index contributed by atoms with van der Waals surface area (Å²) in [6.45, 7) is 2.90. The van der Waals surface area contributed by atoms with Crippen LogP contribution in [0, 0.1) is 11.6 Å². The minimum absolute atomic E-state index is 0.132. The smallest absolute Gasteiger partial charge is 0.329 e. The van der Waals surface area contributed by atoms with Gasteiger partial charge in [0.2, 0.25) is 0 Å². The summed E-state index contributed by atoms with van der Waals surface area (Å²) in [5.41, 5.74) is 0.917. The van der Waals surface area contributed by atoms with Crippen molar-refractivity contribution >= 4 is 23.5 Å². The van der Waals surface area contributed by atoms with Crippen LogP contribution in [0.25, 0.3) is 11.1 Å². The number of hydrogen-bond donors (Lipinski definition) is 2. The predicted octanol–water partition coefficient (Wildman–Crippen LogP) is 4.82. The van der Waals surface area contributed by atoms with Crippen molar-refractivity contribution in [3.05, 3.63) is 89.5 Å². The van der Waals surface area contributed by atoms with Crippen molar-refractivity contribution in [2.75, 3.05) is 12.4 Å². The highest BCUT2D eigenvalue weighted by Crippen LogP contribution is 2.24. The second-order valence-corrected chi connectivity index (χ2v) is 8.00. The molecule has 8 heteroatoms. The van der Waals surface area contributed by atoms with E-state index in [2.05, 4.69) is 5.32 Å². The van der Waals surface area contributed by atoms with Crippen LogP contribution in [0.5, 0.6) is 0 Å². The number of benzene rings is 3. The molecule has 0 atom stereocenters. The topological polar surface area (TPSA) is 86.7 Å². The van der Waals surface area contributed by atoms with E-state index in [9.17, 15) is 28.3 Å². The van der Waals surface area contributed by atoms with Crippen LogP contribution in [-0.4, -0.2) is 40.4 Å². The molecule has 0 aliphatic rings. The molecule has 0 radical (unpaired) electrons. The zero-order valence-corrected chi connectivity index (χ0v) is 18.2. The maximum absolute atomic E-state index is 13.3. The molecule has 3 aromatic rings. The van der Waals surface area contributed by atoms with Gasteiger partial charge in [0.15, 0.2) is 0 Å². The van der Waals surface area contributed by atoms with Gasteiger partial charge < -0.3 is 15.3 Å². The molecule has 0 saturated carbocycles. The molecule has 0 fully saturated rings. The molecule has 0 aliphatic carbocycles. The van der Waals surface area contributed by atoms with Crippen LogP contribution >= 0.6 is 0 Å². The molecule has 170 valence electrons. The lowest BCUT2D eigenvalue weighted by molar-refractivity contribution is -0.147. The zero-order chi connectivity index (χ0) is 24.3. The lowest BCUT2D eigenvalue weighted by Gasteiger charge is -2.31. The molecule has 2 amide bonds. The molecular formula is C25H22F2N2O4. The Hall–Kier alpha value is -4.07. The fraction of sp³-hybridized carbons (Fsp3) is 0.160. The van der Waals surface area contributed by atoms with Crippen molar-refractivity contribution in [1.29, 1.82) is 0 Å². The van der Waals surface area contributed by atoms with Crippen LogP contribution in [0.15, 0.2) is 66.7 Å². The number of rotatable bonds is 6.